The summed E-state index contributed by atoms with van der Waals surface area (Å²) >= 11 is 0. The molecule has 6 nitrogen and oxygen atoms in total. The number of halogens is 3. The Labute approximate surface area is 201 Å². The topological polar surface area (TPSA) is 104 Å². The van der Waals surface area contributed by atoms with Gasteiger partial charge in [-0.25, -0.2) is 17.9 Å². The van der Waals surface area contributed by atoms with Crippen molar-refractivity contribution in [1.82, 2.24) is 4.72 Å². The number of rotatable bonds is 9. The molecule has 2 aliphatic rings. The van der Waals surface area contributed by atoms with Gasteiger partial charge in [0, 0.05) is 6.54 Å². The minimum atomic E-state index is -4.55. The third-order valence-electron chi connectivity index (χ3n) is 5.70. The maximum absolute atomic E-state index is 12.7. The third-order valence-corrected chi connectivity index (χ3v) is 7.17. The fraction of sp³-hybridized carbons (Fsp3) is 0.320. The highest BCUT2D eigenvalue weighted by Gasteiger charge is 2.30. The molecular weight excluding hydrogens is 483 g/mol. The quantitative estimate of drug-likeness (QED) is 0.351. The van der Waals surface area contributed by atoms with Crippen LogP contribution < -0.4 is 4.72 Å². The number of sulfonamides is 1. The minimum absolute atomic E-state index is 0.0738. The fourth-order valence-electron chi connectivity index (χ4n) is 3.77. The summed E-state index contributed by atoms with van der Waals surface area (Å²) in [6, 6.07) is 11.8. The van der Waals surface area contributed by atoms with Gasteiger partial charge in [0.05, 0.1) is 21.6 Å². The second-order valence-corrected chi connectivity index (χ2v) is 10.5. The first-order valence-electron chi connectivity index (χ1n) is 10.9. The lowest BCUT2D eigenvalue weighted by Crippen LogP contribution is -2.25. The molecule has 188 valence electrons. The predicted molar refractivity (Wildman–Crippen MR) is 125 cm³/mol. The smallest absolute Gasteiger partial charge is 0.416 e. The number of aryl methyl sites for hydroxylation is 1. The molecule has 0 amide bonds. The first kappa shape index (κ1) is 26.7. The lowest BCUT2D eigenvalue weighted by Gasteiger charge is -2.15. The van der Waals surface area contributed by atoms with E-state index in [0.29, 0.717) is 30.4 Å². The van der Waals surface area contributed by atoms with Gasteiger partial charge in [0.2, 0.25) is 10.0 Å². The van der Waals surface area contributed by atoms with E-state index < -0.39 is 33.3 Å². The normalized spacial score (nSPS) is 12.7. The number of nitrogens with one attached hydrogen (secondary N) is 1. The maximum atomic E-state index is 12.7. The first-order chi connectivity index (χ1) is 16.2. The van der Waals surface area contributed by atoms with Gasteiger partial charge in [-0.15, -0.1) is 0 Å². The van der Waals surface area contributed by atoms with Crippen molar-refractivity contribution in [2.24, 2.45) is 0 Å². The summed E-state index contributed by atoms with van der Waals surface area (Å²) in [5.74, 6) is -1.07. The molecule has 1 aromatic carbocycles. The fourth-order valence-corrected chi connectivity index (χ4v) is 4.85. The van der Waals surface area contributed by atoms with E-state index >= 15 is 0 Å². The van der Waals surface area contributed by atoms with Crippen LogP contribution in [0.15, 0.2) is 59.5 Å². The molecule has 0 heterocycles. The summed E-state index contributed by atoms with van der Waals surface area (Å²) in [5.41, 5.74) is 0.839. The van der Waals surface area contributed by atoms with Crippen LogP contribution in [0.1, 0.15) is 53.7 Å². The van der Waals surface area contributed by atoms with Gasteiger partial charge in [-0.05, 0) is 85.7 Å². The summed E-state index contributed by atoms with van der Waals surface area (Å²) < 4.78 is 65.1. The molecule has 1 aromatic rings. The van der Waals surface area contributed by atoms with Crippen LogP contribution in [0.4, 0.5) is 13.2 Å². The molecule has 0 radical (unpaired) electrons. The molecule has 0 bridgehead atoms. The molecular formula is C25H26F3NO5S. The van der Waals surface area contributed by atoms with Gasteiger partial charge >= 0.3 is 12.1 Å². The van der Waals surface area contributed by atoms with E-state index in [-0.39, 0.29) is 17.0 Å². The van der Waals surface area contributed by atoms with Gasteiger partial charge in [0.1, 0.15) is 0 Å². The van der Waals surface area contributed by atoms with Crippen LogP contribution in [0.3, 0.4) is 0 Å². The number of hydrogen-bond donors (Lipinski definition) is 3. The van der Waals surface area contributed by atoms with Crippen molar-refractivity contribution < 1.29 is 36.6 Å². The molecule has 0 saturated carbocycles. The number of aliphatic hydroxyl groups is 1. The van der Waals surface area contributed by atoms with Crippen LogP contribution >= 0.6 is 0 Å². The van der Waals surface area contributed by atoms with Gasteiger partial charge in [0.15, 0.2) is 0 Å². The summed E-state index contributed by atoms with van der Waals surface area (Å²) in [4.78, 5) is 11.5. The van der Waals surface area contributed by atoms with Crippen molar-refractivity contribution in [3.05, 3.63) is 76.9 Å². The van der Waals surface area contributed by atoms with Crippen LogP contribution in [0.2, 0.25) is 0 Å². The van der Waals surface area contributed by atoms with Gasteiger partial charge in [0.25, 0.3) is 0 Å². The summed E-state index contributed by atoms with van der Waals surface area (Å²) in [6.45, 7) is 3.35. The van der Waals surface area contributed by atoms with Crippen molar-refractivity contribution in [2.75, 3.05) is 6.54 Å². The van der Waals surface area contributed by atoms with E-state index in [1.54, 1.807) is 44.2 Å². The van der Waals surface area contributed by atoms with Crippen molar-refractivity contribution in [2.45, 2.75) is 49.8 Å². The molecule has 0 atom stereocenters. The van der Waals surface area contributed by atoms with Crippen LogP contribution in [0, 0.1) is 0 Å². The molecule has 0 fully saturated rings. The third kappa shape index (κ3) is 6.39. The number of carboxylic acids is 1. The van der Waals surface area contributed by atoms with E-state index in [1.165, 1.54) is 0 Å². The van der Waals surface area contributed by atoms with Gasteiger partial charge in [-0.1, -0.05) is 24.3 Å². The summed E-state index contributed by atoms with van der Waals surface area (Å²) in [7, 11) is -3.96. The first-order valence-corrected chi connectivity index (χ1v) is 12.4. The van der Waals surface area contributed by atoms with E-state index in [1.807, 2.05) is 0 Å². The highest BCUT2D eigenvalue weighted by molar-refractivity contribution is 7.89. The van der Waals surface area contributed by atoms with E-state index in [2.05, 4.69) is 4.72 Å². The minimum Gasteiger partial charge on any atom is -0.478 e. The summed E-state index contributed by atoms with van der Waals surface area (Å²) in [5, 5.41) is 19.9. The Morgan fingerprint density at radius 1 is 0.914 bits per heavy atom. The number of carbonyl (C=O) groups is 1. The molecule has 10 heteroatoms. The molecule has 2 aliphatic carbocycles. The van der Waals surface area contributed by atoms with Gasteiger partial charge < -0.3 is 10.2 Å². The van der Waals surface area contributed by atoms with E-state index in [4.69, 9.17) is 0 Å². The van der Waals surface area contributed by atoms with Crippen molar-refractivity contribution >= 4 is 16.0 Å². The van der Waals surface area contributed by atoms with Crippen molar-refractivity contribution in [1.29, 1.82) is 0 Å². The van der Waals surface area contributed by atoms with Crippen LogP contribution in [0.5, 0.6) is 0 Å². The average molecular weight is 510 g/mol. The maximum Gasteiger partial charge on any atom is 0.416 e. The van der Waals surface area contributed by atoms with Crippen molar-refractivity contribution in [3.8, 4) is 11.1 Å². The highest BCUT2D eigenvalue weighted by Crippen LogP contribution is 2.34. The Morgan fingerprint density at radius 2 is 1.49 bits per heavy atom. The number of benzene rings is 1. The lowest BCUT2D eigenvalue weighted by atomic mass is 10.0. The molecule has 0 aromatic heterocycles. The second-order valence-electron chi connectivity index (χ2n) is 8.77. The Balaban J connectivity index is 1.65. The largest absolute Gasteiger partial charge is 0.478 e. The van der Waals surface area contributed by atoms with Crippen LogP contribution in [-0.4, -0.2) is 31.1 Å². The van der Waals surface area contributed by atoms with Crippen LogP contribution in [-0.2, 0) is 28.2 Å². The standard InChI is InChI=1S/C25H26F3NO5S/c1-24(2,32)17-8-12-20-16(15-22(23(30)31)21(20)13-9-17)5-3-4-14-29-35(33,34)19-10-6-18(7-11-19)25(26,27)28/h6-13,15,29,32H,3-5,14H2,1-2H3,(H,30,31). The molecule has 0 aliphatic heterocycles. The zero-order valence-corrected chi connectivity index (χ0v) is 20.0. The number of aromatic carboxylic acids is 1. The number of fused-ring (bicyclic) bond motifs is 1. The van der Waals surface area contributed by atoms with Gasteiger partial charge in [-0.3, -0.25) is 0 Å². The van der Waals surface area contributed by atoms with Crippen molar-refractivity contribution in [3.63, 3.8) is 0 Å². The van der Waals surface area contributed by atoms with Crippen LogP contribution in [0.25, 0.3) is 11.1 Å². The number of carboxylic acid groups (broad SMARTS) is 1. The zero-order valence-electron chi connectivity index (χ0n) is 19.2. The lowest BCUT2D eigenvalue weighted by molar-refractivity contribution is -0.137. The zero-order chi connectivity index (χ0) is 26.0. The Kier molecular flexibility index (Phi) is 7.59. The second kappa shape index (κ2) is 9.96. The van der Waals surface area contributed by atoms with E-state index in [9.17, 15) is 36.6 Å². The Hall–Kier alpha value is -2.95. The average Bonchev–Trinajstić information content (AvgIpc) is 2.94. The predicted octanol–water partition coefficient (Wildman–Crippen LogP) is 5.04. The molecule has 3 N–H and O–H groups in total. The molecule has 0 saturated heterocycles. The molecule has 0 spiro atoms. The number of unbranched alkanes of at least 4 members (excludes halogenated alkanes) is 1. The summed E-state index contributed by atoms with van der Waals surface area (Å²) in [6.07, 6.45) is -3.07. The number of hydrogen-bond acceptors (Lipinski definition) is 4. The Bertz CT molecular complexity index is 1280. The molecule has 0 unspecified atom stereocenters. The Morgan fingerprint density at radius 3 is 2.03 bits per heavy atom. The monoisotopic (exact) mass is 509 g/mol. The SMILES string of the molecule is CC(C)(O)c1ccc2c(CCCCNS(=O)(=O)c3ccc(C(F)(F)F)cc3)cc(C(=O)O)c-2cc1. The van der Waals surface area contributed by atoms with Gasteiger partial charge in [-0.2, -0.15) is 13.2 Å². The highest BCUT2D eigenvalue weighted by atomic mass is 32.2. The molecule has 3 rings (SSSR count). The number of alkyl halides is 3. The van der Waals surface area contributed by atoms with E-state index in [0.717, 1.165) is 35.4 Å². The molecule has 35 heavy (non-hydrogen) atoms.